The van der Waals surface area contributed by atoms with E-state index < -0.39 is 5.92 Å². The third-order valence-corrected chi connectivity index (χ3v) is 5.17. The van der Waals surface area contributed by atoms with Gasteiger partial charge in [0.05, 0.1) is 24.9 Å². The van der Waals surface area contributed by atoms with Gasteiger partial charge in [0.25, 0.3) is 5.92 Å². The minimum absolute atomic E-state index is 0.0650. The molecule has 8 heteroatoms. The molecular formula is C22H26F2N4O2. The van der Waals surface area contributed by atoms with Crippen LogP contribution in [0.3, 0.4) is 0 Å². The Labute approximate surface area is 175 Å². The smallest absolute Gasteiger partial charge is 0.250 e. The molecule has 1 atom stereocenters. The lowest BCUT2D eigenvalue weighted by Crippen LogP contribution is -2.34. The van der Waals surface area contributed by atoms with E-state index in [-0.39, 0.29) is 31.0 Å². The second-order valence-corrected chi connectivity index (χ2v) is 8.28. The molecule has 2 aliphatic rings. The van der Waals surface area contributed by atoms with E-state index >= 15 is 0 Å². The molecule has 2 aromatic heterocycles. The van der Waals surface area contributed by atoms with Crippen molar-refractivity contribution in [2.24, 2.45) is 5.92 Å². The molecule has 0 aromatic carbocycles. The maximum absolute atomic E-state index is 13.0. The summed E-state index contributed by atoms with van der Waals surface area (Å²) in [5.74, 6) is 3.58. The first-order valence-electron chi connectivity index (χ1n) is 10.5. The maximum Gasteiger partial charge on any atom is 0.250 e. The molecule has 1 unspecified atom stereocenters. The number of hydrogen-bond acceptors (Lipinski definition) is 5. The third-order valence-electron chi connectivity index (χ3n) is 5.17. The standard InChI is InChI=1S/C22H26F2N4O2/c1-15(2)30-20-9-16(6-7-17-10-22(23,24)11-17)12-25-21(20)19-14-28(27-26-19)13-18-5-3-4-8-29-18/h9,12,14-15,17-18H,3-5,8,10-11,13H2,1-2H3. The number of hydrogen-bond donors (Lipinski definition) is 0. The van der Waals surface area contributed by atoms with Crippen molar-refractivity contribution in [3.05, 3.63) is 24.0 Å². The minimum Gasteiger partial charge on any atom is -0.489 e. The van der Waals surface area contributed by atoms with Gasteiger partial charge >= 0.3 is 0 Å². The van der Waals surface area contributed by atoms with Crippen LogP contribution in [0.1, 0.15) is 51.5 Å². The van der Waals surface area contributed by atoms with Gasteiger partial charge in [-0.1, -0.05) is 17.1 Å². The average molecular weight is 416 g/mol. The van der Waals surface area contributed by atoms with E-state index in [4.69, 9.17) is 9.47 Å². The zero-order chi connectivity index (χ0) is 21.1. The van der Waals surface area contributed by atoms with Crippen LogP contribution in [0.4, 0.5) is 8.78 Å². The molecule has 30 heavy (non-hydrogen) atoms. The summed E-state index contributed by atoms with van der Waals surface area (Å²) < 4.78 is 39.5. The van der Waals surface area contributed by atoms with E-state index in [9.17, 15) is 8.78 Å². The molecule has 3 heterocycles. The van der Waals surface area contributed by atoms with Crippen molar-refractivity contribution in [1.29, 1.82) is 0 Å². The second kappa shape index (κ2) is 8.68. The molecule has 1 aliphatic heterocycles. The average Bonchev–Trinajstić information content (AvgIpc) is 3.13. The van der Waals surface area contributed by atoms with Gasteiger partial charge in [-0.3, -0.25) is 0 Å². The van der Waals surface area contributed by atoms with E-state index in [1.54, 1.807) is 16.9 Å². The Hall–Kier alpha value is -2.53. The van der Waals surface area contributed by atoms with E-state index in [1.165, 1.54) is 6.42 Å². The molecule has 0 N–H and O–H groups in total. The summed E-state index contributed by atoms with van der Waals surface area (Å²) in [5.41, 5.74) is 1.83. The van der Waals surface area contributed by atoms with Gasteiger partial charge < -0.3 is 9.47 Å². The number of pyridine rings is 1. The van der Waals surface area contributed by atoms with Gasteiger partial charge in [-0.2, -0.15) is 0 Å². The lowest BCUT2D eigenvalue weighted by atomic mass is 9.82. The van der Waals surface area contributed by atoms with Crippen molar-refractivity contribution in [3.63, 3.8) is 0 Å². The minimum atomic E-state index is -2.57. The van der Waals surface area contributed by atoms with Crippen LogP contribution in [0, 0.1) is 17.8 Å². The molecule has 0 spiro atoms. The molecule has 0 bridgehead atoms. The zero-order valence-corrected chi connectivity index (χ0v) is 17.3. The number of rotatable bonds is 5. The molecule has 4 rings (SSSR count). The molecule has 0 radical (unpaired) electrons. The van der Waals surface area contributed by atoms with Crippen molar-refractivity contribution < 1.29 is 18.3 Å². The topological polar surface area (TPSA) is 62.1 Å². The Balaban J connectivity index is 1.51. The van der Waals surface area contributed by atoms with Crippen molar-refractivity contribution in [2.75, 3.05) is 6.61 Å². The fourth-order valence-corrected chi connectivity index (χ4v) is 3.65. The van der Waals surface area contributed by atoms with Crippen molar-refractivity contribution in [3.8, 4) is 29.0 Å². The Kier molecular flexibility index (Phi) is 6.00. The number of ether oxygens (including phenoxy) is 2. The summed E-state index contributed by atoms with van der Waals surface area (Å²) in [6, 6.07) is 1.79. The Bertz CT molecular complexity index is 934. The number of alkyl halides is 2. The monoisotopic (exact) mass is 416 g/mol. The van der Waals surface area contributed by atoms with E-state index in [0.29, 0.717) is 29.2 Å². The third kappa shape index (κ3) is 5.14. The molecule has 1 aliphatic carbocycles. The van der Waals surface area contributed by atoms with Crippen LogP contribution in [0.25, 0.3) is 11.4 Å². The first-order chi connectivity index (χ1) is 14.4. The molecule has 160 valence electrons. The molecule has 2 aromatic rings. The van der Waals surface area contributed by atoms with Crippen LogP contribution in [0.2, 0.25) is 0 Å². The van der Waals surface area contributed by atoms with E-state index in [2.05, 4.69) is 27.1 Å². The van der Waals surface area contributed by atoms with Crippen LogP contribution in [-0.2, 0) is 11.3 Å². The maximum atomic E-state index is 13.0. The van der Waals surface area contributed by atoms with Crippen LogP contribution in [0.15, 0.2) is 18.5 Å². The fourth-order valence-electron chi connectivity index (χ4n) is 3.65. The fraction of sp³-hybridized carbons (Fsp3) is 0.591. The lowest BCUT2D eigenvalue weighted by Gasteiger charge is -2.31. The summed E-state index contributed by atoms with van der Waals surface area (Å²) >= 11 is 0. The highest BCUT2D eigenvalue weighted by Crippen LogP contribution is 2.41. The zero-order valence-electron chi connectivity index (χ0n) is 17.3. The normalized spacial score (nSPS) is 21.0. The van der Waals surface area contributed by atoms with Crippen LogP contribution >= 0.6 is 0 Å². The molecular weight excluding hydrogens is 390 g/mol. The largest absolute Gasteiger partial charge is 0.489 e. The number of aromatic nitrogens is 4. The number of nitrogens with zero attached hydrogens (tertiary/aromatic N) is 4. The molecule has 1 saturated heterocycles. The predicted octanol–water partition coefficient (Wildman–Crippen LogP) is 4.09. The van der Waals surface area contributed by atoms with Gasteiger partial charge in [0.2, 0.25) is 0 Å². The summed E-state index contributed by atoms with van der Waals surface area (Å²) in [5, 5.41) is 8.47. The van der Waals surface area contributed by atoms with E-state index in [1.807, 2.05) is 20.0 Å². The van der Waals surface area contributed by atoms with Gasteiger partial charge in [-0.15, -0.1) is 5.10 Å². The highest BCUT2D eigenvalue weighted by atomic mass is 19.3. The number of halogens is 2. The second-order valence-electron chi connectivity index (χ2n) is 8.28. The Morgan fingerprint density at radius 3 is 2.87 bits per heavy atom. The molecule has 6 nitrogen and oxygen atoms in total. The Morgan fingerprint density at radius 2 is 2.17 bits per heavy atom. The molecule has 1 saturated carbocycles. The van der Waals surface area contributed by atoms with Crippen molar-refractivity contribution in [2.45, 2.75) is 70.6 Å². The van der Waals surface area contributed by atoms with Crippen LogP contribution < -0.4 is 4.74 Å². The van der Waals surface area contributed by atoms with E-state index in [0.717, 1.165) is 19.4 Å². The van der Waals surface area contributed by atoms with Crippen LogP contribution in [-0.4, -0.2) is 44.7 Å². The highest BCUT2D eigenvalue weighted by molar-refractivity contribution is 5.63. The summed E-state index contributed by atoms with van der Waals surface area (Å²) in [6.07, 6.45) is 6.51. The highest BCUT2D eigenvalue weighted by Gasteiger charge is 2.44. The van der Waals surface area contributed by atoms with Gasteiger partial charge in [-0.05, 0) is 39.2 Å². The lowest BCUT2D eigenvalue weighted by molar-refractivity contribution is -0.0936. The van der Waals surface area contributed by atoms with Gasteiger partial charge in [0.1, 0.15) is 17.1 Å². The summed E-state index contributed by atoms with van der Waals surface area (Å²) in [6.45, 7) is 5.30. The summed E-state index contributed by atoms with van der Waals surface area (Å²) in [4.78, 5) is 4.49. The van der Waals surface area contributed by atoms with Gasteiger partial charge in [-0.25, -0.2) is 18.4 Å². The predicted molar refractivity (Wildman–Crippen MR) is 107 cm³/mol. The summed E-state index contributed by atoms with van der Waals surface area (Å²) in [7, 11) is 0. The van der Waals surface area contributed by atoms with Crippen molar-refractivity contribution in [1.82, 2.24) is 20.0 Å². The first-order valence-corrected chi connectivity index (χ1v) is 10.5. The van der Waals surface area contributed by atoms with Gasteiger partial charge in [0.15, 0.2) is 0 Å². The van der Waals surface area contributed by atoms with Crippen LogP contribution in [0.5, 0.6) is 5.75 Å². The van der Waals surface area contributed by atoms with Gasteiger partial charge in [0, 0.05) is 37.1 Å². The molecule has 0 amide bonds. The molecule has 2 fully saturated rings. The Morgan fingerprint density at radius 1 is 1.33 bits per heavy atom. The van der Waals surface area contributed by atoms with Crippen molar-refractivity contribution >= 4 is 0 Å². The quantitative estimate of drug-likeness (QED) is 0.687. The first kappa shape index (κ1) is 20.7. The SMILES string of the molecule is CC(C)Oc1cc(C#CC2CC(F)(F)C2)cnc1-c1cn(CC2CCCCO2)nn1.